The highest BCUT2D eigenvalue weighted by molar-refractivity contribution is 5.84. The molecule has 16 heavy (non-hydrogen) atoms. The summed E-state index contributed by atoms with van der Waals surface area (Å²) in [7, 11) is 0. The van der Waals surface area contributed by atoms with Gasteiger partial charge in [-0.15, -0.1) is 0 Å². The van der Waals surface area contributed by atoms with Gasteiger partial charge in [0.25, 0.3) is 0 Å². The standard InChI is InChI=1S/C12H23NO3/c1-8(2)7-13-10(14)6-12(5,9(3)4)11(15)16/h8-9H,6-7H2,1-5H3,(H,13,14)(H,15,16). The lowest BCUT2D eigenvalue weighted by molar-refractivity contribution is -0.153. The van der Waals surface area contributed by atoms with Crippen molar-refractivity contribution < 1.29 is 14.7 Å². The first kappa shape index (κ1) is 14.9. The van der Waals surface area contributed by atoms with Crippen LogP contribution in [-0.4, -0.2) is 23.5 Å². The fourth-order valence-electron chi connectivity index (χ4n) is 1.24. The number of rotatable bonds is 6. The number of hydrogen-bond acceptors (Lipinski definition) is 2. The van der Waals surface area contributed by atoms with Gasteiger partial charge in [0.15, 0.2) is 0 Å². The third-order valence-electron chi connectivity index (χ3n) is 3.00. The number of amides is 1. The maximum absolute atomic E-state index is 11.6. The smallest absolute Gasteiger partial charge is 0.310 e. The van der Waals surface area contributed by atoms with Crippen molar-refractivity contribution in [1.82, 2.24) is 5.32 Å². The lowest BCUT2D eigenvalue weighted by atomic mass is 9.76. The zero-order valence-corrected chi connectivity index (χ0v) is 10.8. The Morgan fingerprint density at radius 3 is 2.06 bits per heavy atom. The van der Waals surface area contributed by atoms with Crippen LogP contribution in [-0.2, 0) is 9.59 Å². The highest BCUT2D eigenvalue weighted by atomic mass is 16.4. The van der Waals surface area contributed by atoms with Crippen LogP contribution < -0.4 is 5.32 Å². The minimum atomic E-state index is -0.985. The first-order valence-electron chi connectivity index (χ1n) is 5.70. The minimum Gasteiger partial charge on any atom is -0.481 e. The van der Waals surface area contributed by atoms with Crippen LogP contribution in [0.2, 0.25) is 0 Å². The molecule has 2 N–H and O–H groups in total. The Morgan fingerprint density at radius 2 is 1.75 bits per heavy atom. The van der Waals surface area contributed by atoms with Crippen molar-refractivity contribution in [2.45, 2.75) is 41.0 Å². The molecule has 0 rings (SSSR count). The minimum absolute atomic E-state index is 0.0344. The lowest BCUT2D eigenvalue weighted by Crippen LogP contribution is -2.39. The summed E-state index contributed by atoms with van der Waals surface area (Å²) in [6.07, 6.45) is 0.0344. The SMILES string of the molecule is CC(C)CNC(=O)CC(C)(C(=O)O)C(C)C. The van der Waals surface area contributed by atoms with Gasteiger partial charge in [-0.05, 0) is 18.8 Å². The summed E-state index contributed by atoms with van der Waals surface area (Å²) >= 11 is 0. The number of hydrogen-bond donors (Lipinski definition) is 2. The molecule has 94 valence electrons. The van der Waals surface area contributed by atoms with Gasteiger partial charge in [-0.2, -0.15) is 0 Å². The van der Waals surface area contributed by atoms with E-state index in [2.05, 4.69) is 5.32 Å². The Bertz CT molecular complexity index is 261. The molecule has 0 aliphatic heterocycles. The van der Waals surface area contributed by atoms with Gasteiger partial charge in [0.2, 0.25) is 5.91 Å². The normalized spacial score (nSPS) is 14.9. The summed E-state index contributed by atoms with van der Waals surface area (Å²) in [5.41, 5.74) is -0.985. The van der Waals surface area contributed by atoms with E-state index in [0.29, 0.717) is 12.5 Å². The third-order valence-corrected chi connectivity index (χ3v) is 3.00. The fourth-order valence-corrected chi connectivity index (χ4v) is 1.24. The molecule has 0 spiro atoms. The number of carboxylic acids is 1. The van der Waals surface area contributed by atoms with E-state index in [1.54, 1.807) is 6.92 Å². The third kappa shape index (κ3) is 4.21. The first-order chi connectivity index (χ1) is 7.20. The molecule has 0 aliphatic rings. The van der Waals surface area contributed by atoms with E-state index >= 15 is 0 Å². The highest BCUT2D eigenvalue weighted by Crippen LogP contribution is 2.31. The van der Waals surface area contributed by atoms with Crippen molar-refractivity contribution in [3.8, 4) is 0 Å². The summed E-state index contributed by atoms with van der Waals surface area (Å²) in [6.45, 7) is 9.85. The maximum Gasteiger partial charge on any atom is 0.310 e. The molecule has 4 heteroatoms. The zero-order valence-electron chi connectivity index (χ0n) is 10.8. The zero-order chi connectivity index (χ0) is 12.9. The van der Waals surface area contributed by atoms with Crippen molar-refractivity contribution in [2.24, 2.45) is 17.3 Å². The highest BCUT2D eigenvalue weighted by Gasteiger charge is 2.38. The number of carbonyl (C=O) groups excluding carboxylic acids is 1. The van der Waals surface area contributed by atoms with Crippen molar-refractivity contribution >= 4 is 11.9 Å². The van der Waals surface area contributed by atoms with Gasteiger partial charge in [0, 0.05) is 13.0 Å². The lowest BCUT2D eigenvalue weighted by Gasteiger charge is -2.28. The monoisotopic (exact) mass is 229 g/mol. The molecule has 1 atom stereocenters. The molecule has 0 saturated carbocycles. The summed E-state index contributed by atoms with van der Waals surface area (Å²) in [6, 6.07) is 0. The molecule has 4 nitrogen and oxygen atoms in total. The van der Waals surface area contributed by atoms with Crippen LogP contribution in [0.3, 0.4) is 0 Å². The van der Waals surface area contributed by atoms with Crippen LogP contribution in [0, 0.1) is 17.3 Å². The number of aliphatic carboxylic acids is 1. The Morgan fingerprint density at radius 1 is 1.25 bits per heavy atom. The fraction of sp³-hybridized carbons (Fsp3) is 0.833. The molecule has 0 aliphatic carbocycles. The Labute approximate surface area is 97.4 Å². The Kier molecular flexibility index (Phi) is 5.48. The topological polar surface area (TPSA) is 66.4 Å². The van der Waals surface area contributed by atoms with E-state index in [1.165, 1.54) is 0 Å². The molecule has 0 radical (unpaired) electrons. The van der Waals surface area contributed by atoms with E-state index in [0.717, 1.165) is 0 Å². The molecule has 0 aromatic carbocycles. The maximum atomic E-state index is 11.6. The summed E-state index contributed by atoms with van der Waals surface area (Å²) < 4.78 is 0. The van der Waals surface area contributed by atoms with Crippen LogP contribution in [0.15, 0.2) is 0 Å². The second-order valence-electron chi connectivity index (χ2n) is 5.25. The first-order valence-corrected chi connectivity index (χ1v) is 5.70. The van der Waals surface area contributed by atoms with Gasteiger partial charge in [0.1, 0.15) is 0 Å². The molecular formula is C12H23NO3. The molecule has 0 heterocycles. The van der Waals surface area contributed by atoms with E-state index in [4.69, 9.17) is 5.11 Å². The van der Waals surface area contributed by atoms with Crippen molar-refractivity contribution in [3.63, 3.8) is 0 Å². The van der Waals surface area contributed by atoms with Crippen molar-refractivity contribution in [3.05, 3.63) is 0 Å². The predicted molar refractivity (Wildman–Crippen MR) is 63.0 cm³/mol. The molecular weight excluding hydrogens is 206 g/mol. The van der Waals surface area contributed by atoms with Crippen LogP contribution >= 0.6 is 0 Å². The molecule has 0 saturated heterocycles. The van der Waals surface area contributed by atoms with Crippen molar-refractivity contribution in [1.29, 1.82) is 0 Å². The number of carbonyl (C=O) groups is 2. The van der Waals surface area contributed by atoms with Crippen LogP contribution in [0.25, 0.3) is 0 Å². The van der Waals surface area contributed by atoms with Gasteiger partial charge in [-0.3, -0.25) is 9.59 Å². The molecule has 0 aromatic rings. The molecule has 0 bridgehead atoms. The Balaban J connectivity index is 4.42. The molecule has 0 fully saturated rings. The largest absolute Gasteiger partial charge is 0.481 e. The second-order valence-corrected chi connectivity index (χ2v) is 5.25. The molecule has 1 amide bonds. The number of carboxylic acid groups (broad SMARTS) is 1. The van der Waals surface area contributed by atoms with E-state index in [1.807, 2.05) is 27.7 Å². The quantitative estimate of drug-likeness (QED) is 0.731. The van der Waals surface area contributed by atoms with Crippen LogP contribution in [0.4, 0.5) is 0 Å². The Hall–Kier alpha value is -1.06. The average molecular weight is 229 g/mol. The van der Waals surface area contributed by atoms with Gasteiger partial charge >= 0.3 is 5.97 Å². The van der Waals surface area contributed by atoms with E-state index in [9.17, 15) is 9.59 Å². The van der Waals surface area contributed by atoms with E-state index < -0.39 is 11.4 Å². The number of nitrogens with one attached hydrogen (secondary N) is 1. The summed E-state index contributed by atoms with van der Waals surface area (Å²) in [5, 5.41) is 11.9. The van der Waals surface area contributed by atoms with Gasteiger partial charge in [0.05, 0.1) is 5.41 Å². The summed E-state index contributed by atoms with van der Waals surface area (Å²) in [4.78, 5) is 22.8. The predicted octanol–water partition coefficient (Wildman–Crippen LogP) is 1.90. The van der Waals surface area contributed by atoms with Crippen LogP contribution in [0.1, 0.15) is 41.0 Å². The summed E-state index contributed by atoms with van der Waals surface area (Å²) in [5.74, 6) is -0.802. The van der Waals surface area contributed by atoms with Gasteiger partial charge in [-0.1, -0.05) is 27.7 Å². The van der Waals surface area contributed by atoms with E-state index in [-0.39, 0.29) is 18.2 Å². The second kappa shape index (κ2) is 5.87. The average Bonchev–Trinajstić information content (AvgIpc) is 2.13. The molecule has 1 unspecified atom stereocenters. The van der Waals surface area contributed by atoms with Crippen molar-refractivity contribution in [2.75, 3.05) is 6.54 Å². The van der Waals surface area contributed by atoms with Gasteiger partial charge < -0.3 is 10.4 Å². The molecule has 0 aromatic heterocycles. The van der Waals surface area contributed by atoms with Crippen LogP contribution in [0.5, 0.6) is 0 Å². The van der Waals surface area contributed by atoms with Gasteiger partial charge in [-0.25, -0.2) is 0 Å².